The highest BCUT2D eigenvalue weighted by Gasteiger charge is 2.92. The Morgan fingerprint density at radius 2 is 1.25 bits per heavy atom. The Kier molecular flexibility index (Phi) is 3.30. The molecule has 1 rings (SSSR count). The molecule has 3 N–H and O–H groups in total. The minimum atomic E-state index is -6.79. The van der Waals surface area contributed by atoms with Crippen molar-refractivity contribution < 1.29 is 49.4 Å². The number of alkyl halides is 9. The van der Waals surface area contributed by atoms with Crippen molar-refractivity contribution in [3.05, 3.63) is 0 Å². The van der Waals surface area contributed by atoms with Gasteiger partial charge in [-0.05, 0) is 6.42 Å². The molecule has 2 unspecified atom stereocenters. The summed E-state index contributed by atoms with van der Waals surface area (Å²) in [5, 5.41) is 8.42. The van der Waals surface area contributed by atoms with Gasteiger partial charge >= 0.3 is 24.5 Å². The van der Waals surface area contributed by atoms with E-state index in [-0.39, 0.29) is 0 Å². The predicted octanol–water partition coefficient (Wildman–Crippen LogP) is 2.46. The Morgan fingerprint density at radius 3 is 1.40 bits per heavy atom. The number of carboxylic acids is 1. The summed E-state index contributed by atoms with van der Waals surface area (Å²) in [5.74, 6) is -5.72. The molecule has 1 aliphatic carbocycles. The zero-order valence-corrected chi connectivity index (χ0v) is 9.12. The van der Waals surface area contributed by atoms with E-state index in [1.54, 1.807) is 0 Å². The van der Waals surface area contributed by atoms with Gasteiger partial charge in [-0.15, -0.1) is 0 Å². The van der Waals surface area contributed by atoms with Crippen molar-refractivity contribution >= 4 is 5.97 Å². The lowest BCUT2D eigenvalue weighted by molar-refractivity contribution is -0.435. The van der Waals surface area contributed by atoms with Crippen molar-refractivity contribution in [2.75, 3.05) is 0 Å². The maximum atomic E-state index is 12.6. The van der Waals surface area contributed by atoms with E-state index < -0.39 is 47.8 Å². The smallest absolute Gasteiger partial charge is 0.412 e. The number of rotatable bonds is 2. The molecule has 2 atom stereocenters. The molecule has 118 valence electrons. The van der Waals surface area contributed by atoms with Gasteiger partial charge in [-0.1, -0.05) is 0 Å². The summed E-state index contributed by atoms with van der Waals surface area (Å²) in [4.78, 5) is 10.5. The molecule has 0 radical (unpaired) electrons. The summed E-state index contributed by atoms with van der Waals surface area (Å²) >= 11 is 0. The van der Waals surface area contributed by atoms with Crippen LogP contribution in [-0.2, 0) is 4.79 Å². The number of aliphatic carboxylic acids is 1. The summed E-state index contributed by atoms with van der Waals surface area (Å²) in [6, 6.07) is 0. The van der Waals surface area contributed by atoms with E-state index >= 15 is 0 Å². The van der Waals surface area contributed by atoms with Crippen LogP contribution in [0.15, 0.2) is 0 Å². The largest absolute Gasteiger partial charge is 0.480 e. The number of hydrogen-bond donors (Lipinski definition) is 2. The molecule has 0 saturated heterocycles. The lowest BCUT2D eigenvalue weighted by Crippen LogP contribution is -2.63. The lowest BCUT2D eigenvalue weighted by Gasteiger charge is -2.39. The molecule has 3 nitrogen and oxygen atoms in total. The van der Waals surface area contributed by atoms with E-state index in [4.69, 9.17) is 10.8 Å². The zero-order valence-electron chi connectivity index (χ0n) is 9.12. The van der Waals surface area contributed by atoms with Crippen LogP contribution in [0.25, 0.3) is 0 Å². The average Bonchev–Trinajstić information content (AvgIpc) is 2.71. The maximum absolute atomic E-state index is 12.6. The van der Waals surface area contributed by atoms with Crippen LogP contribution in [0, 0.1) is 11.3 Å². The van der Waals surface area contributed by atoms with E-state index in [1.807, 2.05) is 0 Å². The SMILES string of the molecule is NC1(C(=O)O)CC1C(C(F)(F)F)(C(F)(F)F)C(F)(F)F. The van der Waals surface area contributed by atoms with Gasteiger partial charge in [-0.25, -0.2) is 0 Å². The van der Waals surface area contributed by atoms with Crippen LogP contribution >= 0.6 is 0 Å². The van der Waals surface area contributed by atoms with Gasteiger partial charge in [0.25, 0.3) is 5.41 Å². The normalized spacial score (nSPS) is 28.4. The molecule has 0 aromatic carbocycles. The lowest BCUT2D eigenvalue weighted by atomic mass is 9.78. The van der Waals surface area contributed by atoms with Crippen molar-refractivity contribution in [1.29, 1.82) is 0 Å². The van der Waals surface area contributed by atoms with E-state index in [0.29, 0.717) is 0 Å². The highest BCUT2D eigenvalue weighted by atomic mass is 19.4. The summed E-state index contributed by atoms with van der Waals surface area (Å²) < 4.78 is 113. The molecule has 1 aliphatic rings. The van der Waals surface area contributed by atoms with Crippen molar-refractivity contribution in [3.8, 4) is 0 Å². The molecule has 1 fully saturated rings. The zero-order chi connectivity index (χ0) is 16.4. The monoisotopic (exact) mass is 319 g/mol. The Labute approximate surface area is 104 Å². The fourth-order valence-corrected chi connectivity index (χ4v) is 2.13. The van der Waals surface area contributed by atoms with E-state index in [9.17, 15) is 44.3 Å². The first-order valence-electron chi connectivity index (χ1n) is 4.76. The van der Waals surface area contributed by atoms with Gasteiger partial charge in [0.05, 0.1) is 0 Å². The second kappa shape index (κ2) is 3.92. The van der Waals surface area contributed by atoms with Gasteiger partial charge in [-0.2, -0.15) is 39.5 Å². The fourth-order valence-electron chi connectivity index (χ4n) is 2.13. The van der Waals surface area contributed by atoms with E-state index in [0.717, 1.165) is 0 Å². The van der Waals surface area contributed by atoms with Gasteiger partial charge in [-0.3, -0.25) is 4.79 Å². The molecule has 0 bridgehead atoms. The summed E-state index contributed by atoms with van der Waals surface area (Å²) in [5.41, 5.74) is -4.68. The molecule has 20 heavy (non-hydrogen) atoms. The van der Waals surface area contributed by atoms with Gasteiger partial charge in [0.2, 0.25) is 0 Å². The van der Waals surface area contributed by atoms with Crippen molar-refractivity contribution in [2.45, 2.75) is 30.5 Å². The molecule has 1 saturated carbocycles. The molecule has 0 aromatic heterocycles. The fraction of sp³-hybridized carbons (Fsp3) is 0.875. The van der Waals surface area contributed by atoms with E-state index in [2.05, 4.69) is 0 Å². The Balaban J connectivity index is 3.57. The molecule has 0 amide bonds. The molecular weight excluding hydrogens is 313 g/mol. The minimum Gasteiger partial charge on any atom is -0.480 e. The Morgan fingerprint density at radius 1 is 0.950 bits per heavy atom. The Bertz CT molecular complexity index is 387. The predicted molar refractivity (Wildman–Crippen MR) is 43.3 cm³/mol. The summed E-state index contributed by atoms with van der Waals surface area (Å²) in [6.07, 6.45) is -21.9. The van der Waals surface area contributed by atoms with Crippen molar-refractivity contribution in [1.82, 2.24) is 0 Å². The van der Waals surface area contributed by atoms with Gasteiger partial charge in [0.15, 0.2) is 0 Å². The highest BCUT2D eigenvalue weighted by Crippen LogP contribution is 2.71. The van der Waals surface area contributed by atoms with Crippen LogP contribution in [0.1, 0.15) is 6.42 Å². The van der Waals surface area contributed by atoms with Crippen LogP contribution in [0.4, 0.5) is 39.5 Å². The topological polar surface area (TPSA) is 63.3 Å². The summed E-state index contributed by atoms with van der Waals surface area (Å²) in [7, 11) is 0. The molecule has 0 heterocycles. The Hall–Kier alpha value is -1.20. The number of hydrogen-bond acceptors (Lipinski definition) is 2. The first-order valence-corrected chi connectivity index (χ1v) is 4.76. The summed E-state index contributed by atoms with van der Waals surface area (Å²) in [6.45, 7) is 0. The van der Waals surface area contributed by atoms with Crippen molar-refractivity contribution in [3.63, 3.8) is 0 Å². The molecule has 0 spiro atoms. The van der Waals surface area contributed by atoms with Crippen molar-refractivity contribution in [2.24, 2.45) is 17.1 Å². The minimum absolute atomic E-state index is 1.58. The molecule has 0 aliphatic heterocycles. The number of carbonyl (C=O) groups is 1. The quantitative estimate of drug-likeness (QED) is 0.769. The first kappa shape index (κ1) is 16.9. The first-order chi connectivity index (χ1) is 8.53. The third-order valence-corrected chi connectivity index (χ3v) is 3.27. The molecule has 0 aromatic rings. The maximum Gasteiger partial charge on any atom is 0.412 e. The van der Waals surface area contributed by atoms with Gasteiger partial charge in [0, 0.05) is 5.92 Å². The second-order valence-corrected chi connectivity index (χ2v) is 4.40. The number of nitrogens with two attached hydrogens (primary N) is 1. The van der Waals surface area contributed by atoms with Crippen LogP contribution < -0.4 is 5.73 Å². The number of carboxylic acid groups (broad SMARTS) is 1. The average molecular weight is 319 g/mol. The molecular formula is C8H6F9NO2. The van der Waals surface area contributed by atoms with Crippen LogP contribution in [-0.4, -0.2) is 35.1 Å². The van der Waals surface area contributed by atoms with Gasteiger partial charge in [0.1, 0.15) is 5.54 Å². The van der Waals surface area contributed by atoms with Crippen LogP contribution in [0.5, 0.6) is 0 Å². The highest BCUT2D eigenvalue weighted by molar-refractivity contribution is 5.83. The standard InChI is InChI=1S/C8H6F9NO2/c9-6(10,11)5(7(12,13)14,8(15,16)17)2-1-4(2,18)3(19)20/h2H,1,18H2,(H,19,20). The van der Waals surface area contributed by atoms with Gasteiger partial charge < -0.3 is 10.8 Å². The van der Waals surface area contributed by atoms with Crippen LogP contribution in [0.2, 0.25) is 0 Å². The second-order valence-electron chi connectivity index (χ2n) is 4.40. The van der Waals surface area contributed by atoms with Crippen LogP contribution in [0.3, 0.4) is 0 Å². The van der Waals surface area contributed by atoms with E-state index in [1.165, 1.54) is 0 Å². The number of halogens is 9. The third-order valence-electron chi connectivity index (χ3n) is 3.27. The molecule has 12 heteroatoms. The third kappa shape index (κ3) is 1.91.